The Morgan fingerprint density at radius 2 is 1.76 bits per heavy atom. The van der Waals surface area contributed by atoms with Crippen LogP contribution in [0.5, 0.6) is 0 Å². The lowest BCUT2D eigenvalue weighted by Gasteiger charge is -2.32. The Morgan fingerprint density at radius 1 is 1.03 bits per heavy atom. The monoisotopic (exact) mass is 400 g/mol. The quantitative estimate of drug-likeness (QED) is 0.778. The minimum absolute atomic E-state index is 0.0597. The van der Waals surface area contributed by atoms with Crippen molar-refractivity contribution in [2.45, 2.75) is 37.8 Å². The third kappa shape index (κ3) is 4.82. The van der Waals surface area contributed by atoms with Crippen molar-refractivity contribution < 1.29 is 18.4 Å². The Bertz CT molecular complexity index is 776. The van der Waals surface area contributed by atoms with E-state index in [2.05, 4.69) is 15.5 Å². The number of hydrogen-bond donors (Lipinski definition) is 2. The summed E-state index contributed by atoms with van der Waals surface area (Å²) in [5.41, 5.74) is 0. The molecule has 0 saturated carbocycles. The van der Waals surface area contributed by atoms with Crippen LogP contribution >= 0.6 is 0 Å². The van der Waals surface area contributed by atoms with Gasteiger partial charge in [0.1, 0.15) is 5.76 Å². The molecule has 0 bridgehead atoms. The molecule has 0 aliphatic carbocycles. The van der Waals surface area contributed by atoms with E-state index in [4.69, 9.17) is 8.83 Å². The summed E-state index contributed by atoms with van der Waals surface area (Å²) in [6.07, 6.45) is 7.00. The van der Waals surface area contributed by atoms with Gasteiger partial charge in [-0.05, 0) is 63.0 Å². The van der Waals surface area contributed by atoms with Crippen LogP contribution in [0.2, 0.25) is 0 Å². The zero-order valence-electron chi connectivity index (χ0n) is 16.5. The first-order valence-corrected chi connectivity index (χ1v) is 10.4. The first kappa shape index (κ1) is 19.6. The zero-order valence-corrected chi connectivity index (χ0v) is 16.5. The van der Waals surface area contributed by atoms with E-state index in [0.717, 1.165) is 31.7 Å². The number of likely N-dealkylation sites (tertiary alicyclic amines) is 2. The fourth-order valence-electron chi connectivity index (χ4n) is 4.15. The van der Waals surface area contributed by atoms with Gasteiger partial charge in [-0.3, -0.25) is 9.69 Å². The Morgan fingerprint density at radius 3 is 2.41 bits per heavy atom. The van der Waals surface area contributed by atoms with Crippen LogP contribution in [0.3, 0.4) is 0 Å². The van der Waals surface area contributed by atoms with E-state index in [1.807, 2.05) is 12.1 Å². The number of nitrogens with zero attached hydrogens (tertiary/aromatic N) is 2. The highest BCUT2D eigenvalue weighted by atomic mass is 16.3. The van der Waals surface area contributed by atoms with E-state index in [-0.39, 0.29) is 24.0 Å². The lowest BCUT2D eigenvalue weighted by molar-refractivity contribution is 0.0676. The molecule has 0 aromatic carbocycles. The molecule has 4 heterocycles. The highest BCUT2D eigenvalue weighted by Gasteiger charge is 2.28. The number of amides is 3. The maximum atomic E-state index is 12.4. The SMILES string of the molecule is O=C(NCC(c1ccco1)N1CCCC1)NC1CCN(C(=O)c2ccco2)CC1. The second-order valence-electron chi connectivity index (χ2n) is 7.67. The van der Waals surface area contributed by atoms with Crippen LogP contribution in [0.15, 0.2) is 45.6 Å². The maximum Gasteiger partial charge on any atom is 0.315 e. The minimum Gasteiger partial charge on any atom is -0.468 e. The molecule has 2 aromatic rings. The van der Waals surface area contributed by atoms with Crippen molar-refractivity contribution in [3.05, 3.63) is 48.3 Å². The van der Waals surface area contributed by atoms with E-state index in [0.29, 0.717) is 25.4 Å². The normalized spacial score (nSPS) is 19.2. The number of piperidine rings is 1. The van der Waals surface area contributed by atoms with Crippen molar-refractivity contribution in [2.24, 2.45) is 0 Å². The van der Waals surface area contributed by atoms with Crippen LogP contribution in [0.4, 0.5) is 4.79 Å². The second kappa shape index (κ2) is 9.17. The summed E-state index contributed by atoms with van der Waals surface area (Å²) >= 11 is 0. The summed E-state index contributed by atoms with van der Waals surface area (Å²) in [4.78, 5) is 28.9. The van der Waals surface area contributed by atoms with Crippen LogP contribution in [0.1, 0.15) is 48.0 Å². The maximum absolute atomic E-state index is 12.4. The van der Waals surface area contributed by atoms with Gasteiger partial charge in [-0.25, -0.2) is 4.79 Å². The predicted octanol–water partition coefficient (Wildman–Crippen LogP) is 2.61. The molecule has 4 rings (SSSR count). The number of carbonyl (C=O) groups is 2. The number of hydrogen-bond acceptors (Lipinski definition) is 5. The van der Waals surface area contributed by atoms with Gasteiger partial charge in [0, 0.05) is 25.7 Å². The molecule has 0 spiro atoms. The zero-order chi connectivity index (χ0) is 20.1. The van der Waals surface area contributed by atoms with Gasteiger partial charge in [-0.15, -0.1) is 0 Å². The van der Waals surface area contributed by atoms with Crippen molar-refractivity contribution in [2.75, 3.05) is 32.7 Å². The number of nitrogens with one attached hydrogen (secondary N) is 2. The Balaban J connectivity index is 1.23. The van der Waals surface area contributed by atoms with Crippen molar-refractivity contribution in [1.29, 1.82) is 0 Å². The van der Waals surface area contributed by atoms with Crippen molar-refractivity contribution in [3.63, 3.8) is 0 Å². The van der Waals surface area contributed by atoms with Gasteiger partial charge in [0.05, 0.1) is 18.6 Å². The Labute approximate surface area is 170 Å². The first-order valence-electron chi connectivity index (χ1n) is 10.4. The summed E-state index contributed by atoms with van der Waals surface area (Å²) in [5, 5.41) is 6.05. The Hall–Kier alpha value is -2.74. The van der Waals surface area contributed by atoms with Gasteiger partial charge < -0.3 is 24.4 Å². The molecule has 0 radical (unpaired) electrons. The van der Waals surface area contributed by atoms with E-state index in [1.165, 1.54) is 19.1 Å². The first-order chi connectivity index (χ1) is 14.2. The van der Waals surface area contributed by atoms with E-state index in [9.17, 15) is 9.59 Å². The third-order valence-electron chi connectivity index (χ3n) is 5.76. The highest BCUT2D eigenvalue weighted by Crippen LogP contribution is 2.24. The summed E-state index contributed by atoms with van der Waals surface area (Å²) in [5.74, 6) is 1.15. The molecule has 1 unspecified atom stereocenters. The standard InChI is InChI=1S/C21H28N4O4/c26-20(19-6-4-14-29-19)25-11-7-16(8-12-25)23-21(27)22-15-17(18-5-3-13-28-18)24-9-1-2-10-24/h3-6,13-14,16-17H,1-2,7-12,15H2,(H2,22,23,27). The van der Waals surface area contributed by atoms with Gasteiger partial charge in [0.15, 0.2) is 5.76 Å². The molecule has 2 saturated heterocycles. The van der Waals surface area contributed by atoms with E-state index in [1.54, 1.807) is 23.3 Å². The van der Waals surface area contributed by atoms with Crippen LogP contribution in [0.25, 0.3) is 0 Å². The lowest BCUT2D eigenvalue weighted by Crippen LogP contribution is -2.50. The van der Waals surface area contributed by atoms with E-state index < -0.39 is 0 Å². The number of furan rings is 2. The Kier molecular flexibility index (Phi) is 6.19. The fraction of sp³-hybridized carbons (Fsp3) is 0.524. The summed E-state index contributed by atoms with van der Waals surface area (Å²) in [7, 11) is 0. The molecule has 29 heavy (non-hydrogen) atoms. The topological polar surface area (TPSA) is 91.0 Å². The second-order valence-corrected chi connectivity index (χ2v) is 7.67. The lowest BCUT2D eigenvalue weighted by atomic mass is 10.0. The smallest absolute Gasteiger partial charge is 0.315 e. The largest absolute Gasteiger partial charge is 0.468 e. The van der Waals surface area contributed by atoms with Crippen LogP contribution < -0.4 is 10.6 Å². The number of carbonyl (C=O) groups excluding carboxylic acids is 2. The average molecular weight is 400 g/mol. The van der Waals surface area contributed by atoms with E-state index >= 15 is 0 Å². The van der Waals surface area contributed by atoms with Gasteiger partial charge in [-0.2, -0.15) is 0 Å². The molecule has 1 atom stereocenters. The highest BCUT2D eigenvalue weighted by molar-refractivity contribution is 5.91. The summed E-state index contributed by atoms with van der Waals surface area (Å²) in [6.45, 7) is 3.77. The molecule has 8 nitrogen and oxygen atoms in total. The molecule has 2 aliphatic heterocycles. The van der Waals surface area contributed by atoms with Gasteiger partial charge in [0.2, 0.25) is 0 Å². The minimum atomic E-state index is -0.170. The number of rotatable bonds is 6. The molecule has 2 aliphatic rings. The number of urea groups is 1. The van der Waals surface area contributed by atoms with Crippen molar-refractivity contribution in [1.82, 2.24) is 20.4 Å². The molecule has 2 aromatic heterocycles. The van der Waals surface area contributed by atoms with Gasteiger partial charge >= 0.3 is 6.03 Å². The van der Waals surface area contributed by atoms with Gasteiger partial charge in [0.25, 0.3) is 5.91 Å². The molecule has 8 heteroatoms. The summed E-state index contributed by atoms with van der Waals surface area (Å²) in [6, 6.07) is 7.19. The van der Waals surface area contributed by atoms with Crippen molar-refractivity contribution >= 4 is 11.9 Å². The molecule has 2 fully saturated rings. The van der Waals surface area contributed by atoms with Crippen LogP contribution in [-0.4, -0.2) is 60.5 Å². The molecular weight excluding hydrogens is 372 g/mol. The van der Waals surface area contributed by atoms with Crippen molar-refractivity contribution in [3.8, 4) is 0 Å². The third-order valence-corrected chi connectivity index (χ3v) is 5.76. The molecule has 2 N–H and O–H groups in total. The predicted molar refractivity (Wildman–Crippen MR) is 106 cm³/mol. The average Bonchev–Trinajstić information content (AvgIpc) is 3.51. The summed E-state index contributed by atoms with van der Waals surface area (Å²) < 4.78 is 10.8. The van der Waals surface area contributed by atoms with Crippen LogP contribution in [-0.2, 0) is 0 Å². The molecule has 3 amide bonds. The molecular formula is C21H28N4O4. The van der Waals surface area contributed by atoms with Gasteiger partial charge in [-0.1, -0.05) is 0 Å². The molecule has 156 valence electrons. The fourth-order valence-corrected chi connectivity index (χ4v) is 4.15. The van der Waals surface area contributed by atoms with Crippen LogP contribution in [0, 0.1) is 0 Å².